The van der Waals surface area contributed by atoms with Crippen LogP contribution < -0.4 is 10.1 Å². The minimum Gasteiger partial charge on any atom is -0.489 e. The van der Waals surface area contributed by atoms with Gasteiger partial charge in [-0.25, -0.2) is 0 Å². The zero-order valence-electron chi connectivity index (χ0n) is 10.3. The van der Waals surface area contributed by atoms with Gasteiger partial charge in [-0.2, -0.15) is 0 Å². The van der Waals surface area contributed by atoms with Crippen molar-refractivity contribution in [2.45, 2.75) is 26.1 Å². The number of anilines is 1. The van der Waals surface area contributed by atoms with Crippen molar-refractivity contribution in [3.05, 3.63) is 22.2 Å². The molecule has 0 radical (unpaired) electrons. The first-order valence-electron chi connectivity index (χ1n) is 5.62. The van der Waals surface area contributed by atoms with Crippen LogP contribution in [0.15, 0.2) is 12.1 Å². The summed E-state index contributed by atoms with van der Waals surface area (Å²) >= 11 is 12.1. The molecule has 6 heteroatoms. The molecule has 0 aliphatic rings. The number of benzene rings is 1. The highest BCUT2D eigenvalue weighted by atomic mass is 35.5. The van der Waals surface area contributed by atoms with E-state index >= 15 is 0 Å². The van der Waals surface area contributed by atoms with Crippen molar-refractivity contribution in [2.75, 3.05) is 18.5 Å². The first-order chi connectivity index (χ1) is 8.43. The Balaban J connectivity index is 2.79. The molecule has 4 nitrogen and oxygen atoms in total. The van der Waals surface area contributed by atoms with Gasteiger partial charge in [0.25, 0.3) is 0 Å². The van der Waals surface area contributed by atoms with Crippen LogP contribution in [-0.4, -0.2) is 35.6 Å². The van der Waals surface area contributed by atoms with Gasteiger partial charge in [0.2, 0.25) is 0 Å². The first-order valence-corrected chi connectivity index (χ1v) is 6.38. The molecule has 0 aromatic heterocycles. The summed E-state index contributed by atoms with van der Waals surface area (Å²) in [6, 6.07) is 3.25. The predicted molar refractivity (Wildman–Crippen MR) is 73.8 cm³/mol. The summed E-state index contributed by atoms with van der Waals surface area (Å²) in [6.45, 7) is 3.67. The molecule has 1 unspecified atom stereocenters. The normalized spacial score (nSPS) is 12.6. The second-order valence-corrected chi connectivity index (χ2v) is 4.96. The standard InChI is InChI=1S/C12H17Cl2NO3/c1-7(2)18-12-4-9(13)11(3-10(12)14)15-5-8(17)6-16/h3-4,7-8,15-17H,5-6H2,1-2H3. The minimum absolute atomic E-state index is 0.00795. The second kappa shape index (κ2) is 7.04. The molecule has 0 bridgehead atoms. The summed E-state index contributed by atoms with van der Waals surface area (Å²) in [5.74, 6) is 0.518. The van der Waals surface area contributed by atoms with Crippen molar-refractivity contribution in [1.29, 1.82) is 0 Å². The zero-order valence-corrected chi connectivity index (χ0v) is 11.8. The van der Waals surface area contributed by atoms with E-state index in [0.29, 0.717) is 21.5 Å². The number of halogens is 2. The molecule has 0 saturated carbocycles. The van der Waals surface area contributed by atoms with Gasteiger partial charge < -0.3 is 20.3 Å². The van der Waals surface area contributed by atoms with Gasteiger partial charge >= 0.3 is 0 Å². The number of aliphatic hydroxyl groups is 2. The molecule has 0 amide bonds. The second-order valence-electron chi connectivity index (χ2n) is 4.15. The third-order valence-electron chi connectivity index (χ3n) is 2.12. The van der Waals surface area contributed by atoms with Gasteiger partial charge in [-0.3, -0.25) is 0 Å². The predicted octanol–water partition coefficient (Wildman–Crippen LogP) is 2.55. The molecule has 0 fully saturated rings. The van der Waals surface area contributed by atoms with Gasteiger partial charge in [-0.05, 0) is 19.9 Å². The van der Waals surface area contributed by atoms with Gasteiger partial charge in [-0.15, -0.1) is 0 Å². The van der Waals surface area contributed by atoms with Crippen LogP contribution >= 0.6 is 23.2 Å². The third kappa shape index (κ3) is 4.53. The van der Waals surface area contributed by atoms with Crippen LogP contribution in [0.5, 0.6) is 5.75 Å². The van der Waals surface area contributed by atoms with Crippen LogP contribution in [0, 0.1) is 0 Å². The quantitative estimate of drug-likeness (QED) is 0.754. The lowest BCUT2D eigenvalue weighted by Gasteiger charge is -2.15. The van der Waals surface area contributed by atoms with E-state index in [0.717, 1.165) is 0 Å². The zero-order chi connectivity index (χ0) is 13.7. The highest BCUT2D eigenvalue weighted by molar-refractivity contribution is 6.36. The van der Waals surface area contributed by atoms with Gasteiger partial charge in [0.05, 0.1) is 34.5 Å². The molecule has 0 aliphatic carbocycles. The van der Waals surface area contributed by atoms with Crippen LogP contribution in [0.1, 0.15) is 13.8 Å². The SMILES string of the molecule is CC(C)Oc1cc(Cl)c(NCC(O)CO)cc1Cl. The lowest BCUT2D eigenvalue weighted by molar-refractivity contribution is 0.105. The van der Waals surface area contributed by atoms with Crippen molar-refractivity contribution in [1.82, 2.24) is 0 Å². The number of nitrogens with one attached hydrogen (secondary N) is 1. The van der Waals surface area contributed by atoms with Crippen LogP contribution in [0.2, 0.25) is 10.0 Å². The molecule has 18 heavy (non-hydrogen) atoms. The van der Waals surface area contributed by atoms with Crippen molar-refractivity contribution >= 4 is 28.9 Å². The molecule has 0 heterocycles. The number of aliphatic hydroxyl groups excluding tert-OH is 2. The van der Waals surface area contributed by atoms with E-state index in [1.807, 2.05) is 13.8 Å². The smallest absolute Gasteiger partial charge is 0.139 e. The molecule has 1 atom stereocenters. The molecule has 1 aromatic carbocycles. The van der Waals surface area contributed by atoms with Crippen LogP contribution in [0.3, 0.4) is 0 Å². The molecule has 1 rings (SSSR count). The summed E-state index contributed by atoms with van der Waals surface area (Å²) in [5, 5.41) is 21.7. The third-order valence-corrected chi connectivity index (χ3v) is 2.73. The summed E-state index contributed by atoms with van der Waals surface area (Å²) < 4.78 is 5.49. The lowest BCUT2D eigenvalue weighted by Crippen LogP contribution is -2.23. The molecule has 102 valence electrons. The topological polar surface area (TPSA) is 61.7 Å². The number of ether oxygens (including phenoxy) is 1. The van der Waals surface area contributed by atoms with Crippen LogP contribution in [0.25, 0.3) is 0 Å². The van der Waals surface area contributed by atoms with Crippen LogP contribution in [0.4, 0.5) is 5.69 Å². The minimum atomic E-state index is -0.841. The van der Waals surface area contributed by atoms with Gasteiger partial charge in [0.1, 0.15) is 5.75 Å². The molecule has 0 saturated heterocycles. The van der Waals surface area contributed by atoms with E-state index in [9.17, 15) is 5.11 Å². The number of hydrogen-bond donors (Lipinski definition) is 3. The maximum Gasteiger partial charge on any atom is 0.139 e. The van der Waals surface area contributed by atoms with Crippen molar-refractivity contribution in [3.8, 4) is 5.75 Å². The van der Waals surface area contributed by atoms with Gasteiger partial charge in [-0.1, -0.05) is 23.2 Å². The van der Waals surface area contributed by atoms with E-state index in [1.54, 1.807) is 12.1 Å². The van der Waals surface area contributed by atoms with E-state index in [1.165, 1.54) is 0 Å². The Morgan fingerprint density at radius 1 is 1.28 bits per heavy atom. The molecule has 0 spiro atoms. The summed E-state index contributed by atoms with van der Waals surface area (Å²) in [6.07, 6.45) is -0.833. The summed E-state index contributed by atoms with van der Waals surface area (Å²) in [7, 11) is 0. The van der Waals surface area contributed by atoms with Gasteiger partial charge in [0.15, 0.2) is 0 Å². The number of hydrogen-bond acceptors (Lipinski definition) is 4. The lowest BCUT2D eigenvalue weighted by atomic mass is 10.2. The van der Waals surface area contributed by atoms with E-state index in [2.05, 4.69) is 5.32 Å². The Bertz CT molecular complexity index is 399. The fraction of sp³-hybridized carbons (Fsp3) is 0.500. The Hall–Kier alpha value is -0.680. The van der Waals surface area contributed by atoms with Crippen molar-refractivity contribution in [2.24, 2.45) is 0 Å². The maximum atomic E-state index is 9.24. The van der Waals surface area contributed by atoms with Crippen LogP contribution in [-0.2, 0) is 0 Å². The molecule has 3 N–H and O–H groups in total. The maximum absolute atomic E-state index is 9.24. The van der Waals surface area contributed by atoms with E-state index in [4.69, 9.17) is 33.0 Å². The highest BCUT2D eigenvalue weighted by Crippen LogP contribution is 2.34. The number of rotatable bonds is 6. The Kier molecular flexibility index (Phi) is 6.02. The average Bonchev–Trinajstić information content (AvgIpc) is 2.30. The summed E-state index contributed by atoms with van der Waals surface area (Å²) in [4.78, 5) is 0. The largest absolute Gasteiger partial charge is 0.489 e. The molecule has 1 aromatic rings. The van der Waals surface area contributed by atoms with E-state index < -0.39 is 6.10 Å². The first kappa shape index (κ1) is 15.4. The molecular formula is C12H17Cl2NO3. The fourth-order valence-corrected chi connectivity index (χ4v) is 1.73. The molecule has 0 aliphatic heterocycles. The Morgan fingerprint density at radius 3 is 2.50 bits per heavy atom. The summed E-state index contributed by atoms with van der Waals surface area (Å²) in [5.41, 5.74) is 0.588. The monoisotopic (exact) mass is 293 g/mol. The van der Waals surface area contributed by atoms with E-state index in [-0.39, 0.29) is 19.3 Å². The molecular weight excluding hydrogens is 277 g/mol. The van der Waals surface area contributed by atoms with Crippen molar-refractivity contribution in [3.63, 3.8) is 0 Å². The Labute approximate surface area is 116 Å². The average molecular weight is 294 g/mol. The Morgan fingerprint density at radius 2 is 1.94 bits per heavy atom. The fourth-order valence-electron chi connectivity index (χ4n) is 1.30. The van der Waals surface area contributed by atoms with Gasteiger partial charge in [0, 0.05) is 12.6 Å². The highest BCUT2D eigenvalue weighted by Gasteiger charge is 2.10. The van der Waals surface area contributed by atoms with Crippen molar-refractivity contribution < 1.29 is 14.9 Å².